The average Bonchev–Trinajstić information content (AvgIpc) is 3.15. The lowest BCUT2D eigenvalue weighted by Crippen LogP contribution is -2.37. The Labute approximate surface area is 173 Å². The van der Waals surface area contributed by atoms with Crippen molar-refractivity contribution < 1.29 is 9.47 Å². The number of morpholine rings is 1. The topological polar surface area (TPSA) is 110 Å². The summed E-state index contributed by atoms with van der Waals surface area (Å²) in [6.07, 6.45) is 2.51. The molecule has 0 atom stereocenters. The van der Waals surface area contributed by atoms with Gasteiger partial charge in [0.25, 0.3) is 0 Å². The van der Waals surface area contributed by atoms with E-state index in [1.165, 1.54) is 17.7 Å². The summed E-state index contributed by atoms with van der Waals surface area (Å²) in [4.78, 5) is 15.5. The van der Waals surface area contributed by atoms with E-state index in [-0.39, 0.29) is 0 Å². The van der Waals surface area contributed by atoms with Crippen LogP contribution in [0, 0.1) is 0 Å². The molecule has 0 spiro atoms. The molecule has 0 unspecified atom stereocenters. The predicted octanol–water partition coefficient (Wildman–Crippen LogP) is 2.55. The molecule has 1 fully saturated rings. The first-order valence-corrected chi connectivity index (χ1v) is 10.4. The summed E-state index contributed by atoms with van der Waals surface area (Å²) >= 11 is 1.52. The molecule has 0 aliphatic carbocycles. The number of nitrogens with zero attached hydrogens (tertiary/aromatic N) is 4. The molecular weight excluding hydrogens is 390 g/mol. The van der Waals surface area contributed by atoms with Gasteiger partial charge in [-0.05, 0) is 31.2 Å². The fourth-order valence-corrected chi connectivity index (χ4v) is 4.05. The smallest absolute Gasteiger partial charge is 0.189 e. The number of nitrogen functional groups attached to an aromatic ring is 1. The third kappa shape index (κ3) is 4.84. The molecule has 0 amide bonds. The zero-order valence-electron chi connectivity index (χ0n) is 16.4. The van der Waals surface area contributed by atoms with Gasteiger partial charge in [0.1, 0.15) is 17.8 Å². The molecule has 1 aromatic carbocycles. The largest absolute Gasteiger partial charge is 0.497 e. The lowest BCUT2D eigenvalue weighted by Gasteiger charge is -2.26. The van der Waals surface area contributed by atoms with Gasteiger partial charge in [0.15, 0.2) is 16.8 Å². The van der Waals surface area contributed by atoms with Crippen molar-refractivity contribution in [2.45, 2.75) is 6.42 Å². The van der Waals surface area contributed by atoms with Gasteiger partial charge in [0, 0.05) is 19.6 Å². The van der Waals surface area contributed by atoms with Crippen LogP contribution in [0.25, 0.3) is 10.2 Å². The van der Waals surface area contributed by atoms with Crippen molar-refractivity contribution in [1.82, 2.24) is 19.9 Å². The van der Waals surface area contributed by atoms with Crippen molar-refractivity contribution in [2.24, 2.45) is 0 Å². The summed E-state index contributed by atoms with van der Waals surface area (Å²) in [5.41, 5.74) is 7.65. The number of hydrogen-bond acceptors (Lipinski definition) is 10. The van der Waals surface area contributed by atoms with E-state index in [9.17, 15) is 0 Å². The highest BCUT2D eigenvalue weighted by molar-refractivity contribution is 7.22. The Balaban J connectivity index is 1.37. The van der Waals surface area contributed by atoms with E-state index < -0.39 is 0 Å². The van der Waals surface area contributed by atoms with Crippen LogP contribution in [-0.2, 0) is 4.74 Å². The SMILES string of the molecule is COc1ccc2nc(Nc3ncnc(NCCCN4CCOCC4)c3N)sc2c1. The van der Waals surface area contributed by atoms with Crippen molar-refractivity contribution >= 4 is 44.0 Å². The monoisotopic (exact) mass is 415 g/mol. The van der Waals surface area contributed by atoms with Gasteiger partial charge < -0.3 is 25.8 Å². The molecule has 29 heavy (non-hydrogen) atoms. The molecule has 0 bridgehead atoms. The second-order valence-electron chi connectivity index (χ2n) is 6.70. The van der Waals surface area contributed by atoms with Crippen LogP contribution in [0.5, 0.6) is 5.75 Å². The predicted molar refractivity (Wildman–Crippen MR) is 116 cm³/mol. The van der Waals surface area contributed by atoms with Gasteiger partial charge in [-0.2, -0.15) is 0 Å². The molecule has 1 aliphatic heterocycles. The number of aromatic nitrogens is 3. The molecule has 0 saturated carbocycles. The van der Waals surface area contributed by atoms with Crippen LogP contribution in [0.1, 0.15) is 6.42 Å². The van der Waals surface area contributed by atoms with Crippen LogP contribution in [0.2, 0.25) is 0 Å². The highest BCUT2D eigenvalue weighted by Crippen LogP contribution is 2.32. The van der Waals surface area contributed by atoms with Gasteiger partial charge in [-0.1, -0.05) is 11.3 Å². The van der Waals surface area contributed by atoms with Gasteiger partial charge in [-0.15, -0.1) is 0 Å². The highest BCUT2D eigenvalue weighted by Gasteiger charge is 2.12. The van der Waals surface area contributed by atoms with Crippen LogP contribution in [0.4, 0.5) is 22.5 Å². The van der Waals surface area contributed by atoms with Crippen molar-refractivity contribution in [3.8, 4) is 5.75 Å². The number of fused-ring (bicyclic) bond motifs is 1. The number of hydrogen-bond donors (Lipinski definition) is 3. The van der Waals surface area contributed by atoms with E-state index in [2.05, 4.69) is 30.5 Å². The summed E-state index contributed by atoms with van der Waals surface area (Å²) in [5, 5.41) is 7.24. The molecule has 154 valence electrons. The molecule has 9 nitrogen and oxygen atoms in total. The third-order valence-corrected chi connectivity index (χ3v) is 5.69. The molecule has 0 radical (unpaired) electrons. The minimum absolute atomic E-state index is 0.482. The van der Waals surface area contributed by atoms with Crippen molar-refractivity contribution in [1.29, 1.82) is 0 Å². The maximum atomic E-state index is 6.28. The Kier molecular flexibility index (Phi) is 6.23. The van der Waals surface area contributed by atoms with Gasteiger partial charge in [-0.25, -0.2) is 15.0 Å². The summed E-state index contributed by atoms with van der Waals surface area (Å²) in [7, 11) is 1.65. The van der Waals surface area contributed by atoms with Gasteiger partial charge in [0.2, 0.25) is 0 Å². The first-order chi connectivity index (χ1) is 14.2. The average molecular weight is 416 g/mol. The standard InChI is InChI=1S/C19H25N7O2S/c1-27-13-3-4-14-15(11-13)29-19(24-14)25-18-16(20)17(22-12-23-18)21-5-2-6-26-7-9-28-10-8-26/h3-4,11-12H,2,5-10,20H2,1H3,(H2,21,22,23,24,25). The second-order valence-corrected chi connectivity index (χ2v) is 7.73. The number of nitrogens with one attached hydrogen (secondary N) is 2. The first kappa shape index (κ1) is 19.6. The molecule has 10 heteroatoms. The molecule has 4 rings (SSSR count). The summed E-state index contributed by atoms with van der Waals surface area (Å²) < 4.78 is 11.7. The highest BCUT2D eigenvalue weighted by atomic mass is 32.1. The van der Waals surface area contributed by atoms with Crippen LogP contribution in [-0.4, -0.2) is 66.4 Å². The molecule has 4 N–H and O–H groups in total. The van der Waals surface area contributed by atoms with E-state index in [1.54, 1.807) is 7.11 Å². The summed E-state index contributed by atoms with van der Waals surface area (Å²) in [6, 6.07) is 5.79. The number of methoxy groups -OCH3 is 1. The zero-order valence-corrected chi connectivity index (χ0v) is 17.2. The molecule has 1 aliphatic rings. The number of rotatable bonds is 8. The maximum absolute atomic E-state index is 6.28. The number of anilines is 4. The minimum Gasteiger partial charge on any atom is -0.497 e. The van der Waals surface area contributed by atoms with Crippen molar-refractivity contribution in [3.63, 3.8) is 0 Å². The van der Waals surface area contributed by atoms with E-state index in [1.807, 2.05) is 18.2 Å². The van der Waals surface area contributed by atoms with Crippen molar-refractivity contribution in [3.05, 3.63) is 24.5 Å². The van der Waals surface area contributed by atoms with E-state index in [0.29, 0.717) is 17.3 Å². The van der Waals surface area contributed by atoms with E-state index in [4.69, 9.17) is 15.2 Å². The lowest BCUT2D eigenvalue weighted by atomic mass is 10.3. The first-order valence-electron chi connectivity index (χ1n) is 9.59. The Morgan fingerprint density at radius 3 is 2.90 bits per heavy atom. The molecule has 2 aromatic heterocycles. The zero-order chi connectivity index (χ0) is 20.1. The Bertz CT molecular complexity index is 959. The number of nitrogens with two attached hydrogens (primary N) is 1. The van der Waals surface area contributed by atoms with Crippen molar-refractivity contribution in [2.75, 3.05) is 62.9 Å². The molecule has 3 aromatic rings. The van der Waals surface area contributed by atoms with E-state index in [0.717, 1.165) is 66.9 Å². The number of thiazole rings is 1. The maximum Gasteiger partial charge on any atom is 0.189 e. The fraction of sp³-hybridized carbons (Fsp3) is 0.421. The Hall–Kier alpha value is -2.69. The second kappa shape index (κ2) is 9.21. The molecular formula is C19H25N7O2S. The van der Waals surface area contributed by atoms with Gasteiger partial charge in [0.05, 0.1) is 30.5 Å². The summed E-state index contributed by atoms with van der Waals surface area (Å²) in [5.74, 6) is 1.98. The van der Waals surface area contributed by atoms with Crippen LogP contribution in [0.3, 0.4) is 0 Å². The Morgan fingerprint density at radius 1 is 1.24 bits per heavy atom. The van der Waals surface area contributed by atoms with Crippen LogP contribution < -0.4 is 21.1 Å². The van der Waals surface area contributed by atoms with E-state index >= 15 is 0 Å². The lowest BCUT2D eigenvalue weighted by molar-refractivity contribution is 0.0378. The Morgan fingerprint density at radius 2 is 2.07 bits per heavy atom. The normalized spacial score (nSPS) is 14.8. The van der Waals surface area contributed by atoms with Crippen LogP contribution >= 0.6 is 11.3 Å². The van der Waals surface area contributed by atoms with Crippen LogP contribution in [0.15, 0.2) is 24.5 Å². The molecule has 1 saturated heterocycles. The minimum atomic E-state index is 0.482. The quantitative estimate of drug-likeness (QED) is 0.478. The number of ether oxygens (including phenoxy) is 2. The van der Waals surface area contributed by atoms with Gasteiger partial charge in [-0.3, -0.25) is 4.90 Å². The third-order valence-electron chi connectivity index (χ3n) is 4.75. The fourth-order valence-electron chi connectivity index (χ4n) is 3.16. The number of benzene rings is 1. The molecule has 3 heterocycles. The van der Waals surface area contributed by atoms with Gasteiger partial charge >= 0.3 is 0 Å². The summed E-state index contributed by atoms with van der Waals surface area (Å²) in [6.45, 7) is 5.45.